The molecule has 0 aliphatic rings. The Bertz CT molecular complexity index is 548. The lowest BCUT2D eigenvalue weighted by atomic mass is 10.2. The second-order valence-corrected chi connectivity index (χ2v) is 3.65. The number of nitrogens with zero attached hydrogens (tertiary/aromatic N) is 4. The Morgan fingerprint density at radius 1 is 1.31 bits per heavy atom. The molecule has 0 fully saturated rings. The molecule has 0 bridgehead atoms. The van der Waals surface area contributed by atoms with Gasteiger partial charge in [-0.3, -0.25) is 9.55 Å². The van der Waals surface area contributed by atoms with Crippen LogP contribution in [0.2, 0.25) is 0 Å². The Kier molecular flexibility index (Phi) is 2.31. The number of aliphatic hydroxyl groups is 1. The van der Waals surface area contributed by atoms with Gasteiger partial charge in [-0.05, 0) is 0 Å². The molecule has 0 amide bonds. The fourth-order valence-electron chi connectivity index (χ4n) is 1.51. The molecule has 0 atom stereocenters. The van der Waals surface area contributed by atoms with Crippen LogP contribution < -0.4 is 0 Å². The molecule has 0 unspecified atom stereocenters. The highest BCUT2D eigenvalue weighted by molar-refractivity contribution is 5.29. The molecule has 1 N–H and O–H groups in total. The lowest BCUT2D eigenvalue weighted by Gasteiger charge is -2.11. The van der Waals surface area contributed by atoms with Crippen molar-refractivity contribution in [1.29, 1.82) is 0 Å². The summed E-state index contributed by atoms with van der Waals surface area (Å²) in [5.74, 6) is 1.15. The van der Waals surface area contributed by atoms with Crippen molar-refractivity contribution < 1.29 is 7.85 Å². The van der Waals surface area contributed by atoms with Gasteiger partial charge in [0.05, 0.1) is 9.30 Å². The summed E-state index contributed by atoms with van der Waals surface area (Å²) in [6, 6.07) is 0. The Hall–Kier alpha value is -1.75. The van der Waals surface area contributed by atoms with Gasteiger partial charge in [-0.1, -0.05) is 13.8 Å². The van der Waals surface area contributed by atoms with Crippen molar-refractivity contribution in [3.05, 3.63) is 36.3 Å². The average Bonchev–Trinajstić information content (AvgIpc) is 2.76. The van der Waals surface area contributed by atoms with Crippen LogP contribution in [0.3, 0.4) is 0 Å². The van der Waals surface area contributed by atoms with E-state index in [1.54, 1.807) is 17.0 Å². The summed E-state index contributed by atoms with van der Waals surface area (Å²) in [7, 11) is 0. The summed E-state index contributed by atoms with van der Waals surface area (Å²) in [5.41, 5.74) is -0.120. The molecule has 0 aliphatic heterocycles. The molecule has 16 heavy (non-hydrogen) atoms. The molecule has 2 aromatic heterocycles. The van der Waals surface area contributed by atoms with Crippen LogP contribution in [0.4, 0.5) is 0 Å². The standard InChI is InChI=1S/C11H14N4O/c1-8(2)10-14-5-6-15(10)11-9(7-16)12-3-4-13-11/h3-6,8,16H,7H2,1-2H3/i7D2. The number of rotatable bonds is 3. The van der Waals surface area contributed by atoms with Gasteiger partial charge in [0.1, 0.15) is 11.5 Å². The van der Waals surface area contributed by atoms with E-state index in [9.17, 15) is 5.11 Å². The van der Waals surface area contributed by atoms with Crippen molar-refractivity contribution in [1.82, 2.24) is 19.5 Å². The minimum Gasteiger partial charge on any atom is -0.390 e. The van der Waals surface area contributed by atoms with Crippen molar-refractivity contribution in [2.45, 2.75) is 26.3 Å². The maximum Gasteiger partial charge on any atom is 0.162 e. The van der Waals surface area contributed by atoms with E-state index in [1.807, 2.05) is 13.8 Å². The third-order valence-electron chi connectivity index (χ3n) is 2.20. The van der Waals surface area contributed by atoms with Gasteiger partial charge in [-0.2, -0.15) is 0 Å². The molecule has 2 aromatic rings. The molecule has 5 nitrogen and oxygen atoms in total. The first kappa shape index (κ1) is 8.41. The fraction of sp³-hybridized carbons (Fsp3) is 0.364. The third-order valence-corrected chi connectivity index (χ3v) is 2.20. The molecule has 0 spiro atoms. The van der Waals surface area contributed by atoms with Gasteiger partial charge in [0, 0.05) is 30.7 Å². The predicted octanol–water partition coefficient (Wildman–Crippen LogP) is 1.28. The molecule has 2 heterocycles. The second kappa shape index (κ2) is 4.40. The first-order valence-electron chi connectivity index (χ1n) is 5.98. The highest BCUT2D eigenvalue weighted by Crippen LogP contribution is 2.17. The lowest BCUT2D eigenvalue weighted by Crippen LogP contribution is -2.08. The van der Waals surface area contributed by atoms with E-state index in [1.165, 1.54) is 12.4 Å². The van der Waals surface area contributed by atoms with Gasteiger partial charge in [0.2, 0.25) is 0 Å². The minimum atomic E-state index is -2.54. The number of hydrogen-bond donors (Lipinski definition) is 1. The van der Waals surface area contributed by atoms with Gasteiger partial charge in [0.15, 0.2) is 5.82 Å². The van der Waals surface area contributed by atoms with E-state index in [0.29, 0.717) is 0 Å². The summed E-state index contributed by atoms with van der Waals surface area (Å²) in [6.07, 6.45) is 6.09. The van der Waals surface area contributed by atoms with E-state index in [2.05, 4.69) is 15.0 Å². The monoisotopic (exact) mass is 220 g/mol. The van der Waals surface area contributed by atoms with Crippen molar-refractivity contribution in [3.63, 3.8) is 0 Å². The average molecular weight is 220 g/mol. The summed E-state index contributed by atoms with van der Waals surface area (Å²) in [4.78, 5) is 12.2. The first-order valence-corrected chi connectivity index (χ1v) is 4.98. The molecule has 0 radical (unpaired) electrons. The third kappa shape index (κ3) is 1.81. The van der Waals surface area contributed by atoms with Gasteiger partial charge in [-0.25, -0.2) is 9.97 Å². The van der Waals surface area contributed by atoms with Crippen LogP contribution in [0.5, 0.6) is 0 Å². The van der Waals surface area contributed by atoms with Crippen LogP contribution in [0.1, 0.15) is 34.0 Å². The quantitative estimate of drug-likeness (QED) is 0.846. The van der Waals surface area contributed by atoms with E-state index in [0.717, 1.165) is 5.82 Å². The molecular weight excluding hydrogens is 204 g/mol. The van der Waals surface area contributed by atoms with E-state index in [-0.39, 0.29) is 17.4 Å². The first-order chi connectivity index (χ1) is 8.41. The normalized spacial score (nSPS) is 13.8. The maximum absolute atomic E-state index is 9.50. The topological polar surface area (TPSA) is 63.8 Å². The van der Waals surface area contributed by atoms with Crippen molar-refractivity contribution in [2.75, 3.05) is 0 Å². The molecular formula is C11H14N4O. The largest absolute Gasteiger partial charge is 0.390 e. The Labute approximate surface area is 96.6 Å². The van der Waals surface area contributed by atoms with Crippen LogP contribution in [-0.2, 0) is 6.56 Å². The summed E-state index contributed by atoms with van der Waals surface area (Å²) < 4.78 is 16.4. The van der Waals surface area contributed by atoms with Crippen molar-refractivity contribution in [2.24, 2.45) is 0 Å². The predicted molar refractivity (Wildman–Crippen MR) is 59.2 cm³/mol. The van der Waals surface area contributed by atoms with E-state index in [4.69, 9.17) is 2.74 Å². The SMILES string of the molecule is [2H]C([2H])(O)c1nccnc1-n1ccnc1C(C)C. The number of aromatic nitrogens is 4. The smallest absolute Gasteiger partial charge is 0.162 e. The van der Waals surface area contributed by atoms with Crippen LogP contribution in [0.25, 0.3) is 5.82 Å². The van der Waals surface area contributed by atoms with Gasteiger partial charge >= 0.3 is 0 Å². The second-order valence-electron chi connectivity index (χ2n) is 3.65. The number of imidazole rings is 1. The minimum absolute atomic E-state index is 0.120. The number of hydrogen-bond acceptors (Lipinski definition) is 4. The Morgan fingerprint density at radius 3 is 2.75 bits per heavy atom. The van der Waals surface area contributed by atoms with E-state index < -0.39 is 6.56 Å². The van der Waals surface area contributed by atoms with Crippen LogP contribution >= 0.6 is 0 Å². The summed E-state index contributed by atoms with van der Waals surface area (Å²) in [6.45, 7) is 1.41. The van der Waals surface area contributed by atoms with Gasteiger partial charge < -0.3 is 5.11 Å². The molecule has 5 heteroatoms. The van der Waals surface area contributed by atoms with E-state index >= 15 is 0 Å². The highest BCUT2D eigenvalue weighted by Gasteiger charge is 2.12. The molecule has 0 saturated heterocycles. The Morgan fingerprint density at radius 2 is 2.06 bits per heavy atom. The summed E-state index contributed by atoms with van der Waals surface area (Å²) in [5, 5.41) is 9.50. The van der Waals surface area contributed by atoms with Crippen molar-refractivity contribution >= 4 is 0 Å². The zero-order valence-electron chi connectivity index (χ0n) is 11.1. The van der Waals surface area contributed by atoms with Gasteiger partial charge in [0.25, 0.3) is 0 Å². The van der Waals surface area contributed by atoms with Gasteiger partial charge in [-0.15, -0.1) is 0 Å². The zero-order chi connectivity index (χ0) is 13.3. The molecule has 0 saturated carbocycles. The molecule has 84 valence electrons. The zero-order valence-corrected chi connectivity index (χ0v) is 9.12. The molecule has 2 rings (SSSR count). The Balaban J connectivity index is 2.61. The van der Waals surface area contributed by atoms with Crippen LogP contribution in [-0.4, -0.2) is 24.6 Å². The van der Waals surface area contributed by atoms with Crippen LogP contribution in [0.15, 0.2) is 24.8 Å². The molecule has 0 aromatic carbocycles. The lowest BCUT2D eigenvalue weighted by molar-refractivity contribution is 0.276. The fourth-order valence-corrected chi connectivity index (χ4v) is 1.51. The molecule has 0 aliphatic carbocycles. The van der Waals surface area contributed by atoms with Crippen molar-refractivity contribution in [3.8, 4) is 5.82 Å². The van der Waals surface area contributed by atoms with Crippen LogP contribution in [0, 0.1) is 0 Å². The highest BCUT2D eigenvalue weighted by atomic mass is 16.3. The summed E-state index contributed by atoms with van der Waals surface area (Å²) >= 11 is 0. The maximum atomic E-state index is 9.50.